The number of alkyl halides is 2. The minimum atomic E-state index is -3.18. The molecular weight excluding hydrogens is 448 g/mol. The maximum atomic E-state index is 13.3. The molecule has 0 amide bonds. The smallest absolute Gasteiger partial charge is 0.387 e. The van der Waals surface area contributed by atoms with Crippen LogP contribution in [0.25, 0.3) is 28.7 Å². The van der Waals surface area contributed by atoms with Gasteiger partial charge in [0.1, 0.15) is 5.82 Å². The van der Waals surface area contributed by atoms with Crippen LogP contribution in [-0.4, -0.2) is 28.2 Å². The topological polar surface area (TPSA) is 96.5 Å². The summed E-state index contributed by atoms with van der Waals surface area (Å²) in [5.41, 5.74) is 0.252. The highest BCUT2D eigenvalue weighted by atomic mass is 19.3. The van der Waals surface area contributed by atoms with E-state index >= 15 is 0 Å². The lowest BCUT2D eigenvalue weighted by atomic mass is 10.1. The first kappa shape index (κ1) is 22.6. The molecule has 4 rings (SSSR count). The highest BCUT2D eigenvalue weighted by molar-refractivity contribution is 5.81. The van der Waals surface area contributed by atoms with Gasteiger partial charge in [-0.1, -0.05) is 30.3 Å². The molecule has 10 heteroatoms. The normalized spacial score (nSPS) is 11.3. The van der Waals surface area contributed by atoms with Gasteiger partial charge < -0.3 is 9.47 Å². The van der Waals surface area contributed by atoms with Crippen molar-refractivity contribution in [2.45, 2.75) is 6.61 Å². The third-order valence-electron chi connectivity index (χ3n) is 4.95. The Kier molecular flexibility index (Phi) is 6.30. The number of benzene rings is 3. The molecule has 0 saturated heterocycles. The zero-order chi connectivity index (χ0) is 24.2. The van der Waals surface area contributed by atoms with Crippen LogP contribution in [0.5, 0.6) is 11.5 Å². The second-order valence-corrected chi connectivity index (χ2v) is 6.99. The summed E-state index contributed by atoms with van der Waals surface area (Å²) in [6.07, 6.45) is 2.80. The Hall–Kier alpha value is -4.60. The van der Waals surface area contributed by atoms with Crippen molar-refractivity contribution in [1.82, 2.24) is 9.55 Å². The molecular formula is C24H17F2N3O5. The van der Waals surface area contributed by atoms with Gasteiger partial charge in [-0.15, -0.1) is 0 Å². The summed E-state index contributed by atoms with van der Waals surface area (Å²) in [5, 5.41) is 12.0. The van der Waals surface area contributed by atoms with E-state index in [9.17, 15) is 23.7 Å². The fourth-order valence-electron chi connectivity index (χ4n) is 3.46. The zero-order valence-electron chi connectivity index (χ0n) is 17.7. The van der Waals surface area contributed by atoms with E-state index in [4.69, 9.17) is 4.74 Å². The van der Waals surface area contributed by atoms with Gasteiger partial charge in [0.2, 0.25) is 0 Å². The van der Waals surface area contributed by atoms with Crippen molar-refractivity contribution in [3.05, 3.63) is 98.6 Å². The number of ether oxygens (including phenoxy) is 2. The molecule has 0 unspecified atom stereocenters. The molecule has 8 nitrogen and oxygen atoms in total. The second kappa shape index (κ2) is 9.49. The first-order valence-corrected chi connectivity index (χ1v) is 9.95. The van der Waals surface area contributed by atoms with Gasteiger partial charge in [-0.3, -0.25) is 19.5 Å². The first-order valence-electron chi connectivity index (χ1n) is 9.95. The van der Waals surface area contributed by atoms with Crippen LogP contribution < -0.4 is 15.0 Å². The van der Waals surface area contributed by atoms with Crippen molar-refractivity contribution in [2.24, 2.45) is 0 Å². The van der Waals surface area contributed by atoms with E-state index in [0.29, 0.717) is 16.6 Å². The average Bonchev–Trinajstić information content (AvgIpc) is 2.83. The molecule has 4 aromatic rings. The number of rotatable bonds is 7. The van der Waals surface area contributed by atoms with E-state index < -0.39 is 23.0 Å². The molecule has 0 radical (unpaired) electrons. The predicted octanol–water partition coefficient (Wildman–Crippen LogP) is 5.07. The van der Waals surface area contributed by atoms with Gasteiger partial charge in [0.15, 0.2) is 11.5 Å². The molecule has 0 bridgehead atoms. The largest absolute Gasteiger partial charge is 0.493 e. The molecule has 0 spiro atoms. The number of nitro groups is 1. The molecule has 0 aliphatic heterocycles. The summed E-state index contributed by atoms with van der Waals surface area (Å²) in [6.45, 7) is -3.18. The van der Waals surface area contributed by atoms with Crippen LogP contribution in [0.15, 0.2) is 71.5 Å². The number of aromatic nitrogens is 2. The lowest BCUT2D eigenvalue weighted by Gasteiger charge is -2.12. The minimum Gasteiger partial charge on any atom is -0.493 e. The lowest BCUT2D eigenvalue weighted by molar-refractivity contribution is -0.385. The Balaban J connectivity index is 1.90. The molecule has 3 aromatic carbocycles. The van der Waals surface area contributed by atoms with Crippen LogP contribution in [0.2, 0.25) is 0 Å². The maximum Gasteiger partial charge on any atom is 0.387 e. The van der Waals surface area contributed by atoms with E-state index in [-0.39, 0.29) is 22.7 Å². The minimum absolute atomic E-state index is 0.0467. The van der Waals surface area contributed by atoms with Crippen LogP contribution in [0, 0.1) is 10.1 Å². The van der Waals surface area contributed by atoms with Crippen molar-refractivity contribution in [3.8, 4) is 17.2 Å². The standard InChI is InChI=1S/C24H17F2N3O5/c1-33-20-13-15(19(29(31)32)14-21(20)34-24(25)26)11-12-22-27-18-10-6-5-9-17(18)23(30)28(22)16-7-3-2-4-8-16/h2-14,24H,1H3/b12-11+. The Bertz CT molecular complexity index is 1450. The van der Waals surface area contributed by atoms with Crippen LogP contribution in [0.4, 0.5) is 14.5 Å². The fourth-order valence-corrected chi connectivity index (χ4v) is 3.46. The van der Waals surface area contributed by atoms with Crippen molar-refractivity contribution in [1.29, 1.82) is 0 Å². The van der Waals surface area contributed by atoms with Crippen LogP contribution in [0.3, 0.4) is 0 Å². The molecule has 172 valence electrons. The molecule has 0 atom stereocenters. The van der Waals surface area contributed by atoms with Crippen molar-refractivity contribution >= 4 is 28.7 Å². The Morgan fingerprint density at radius 3 is 2.41 bits per heavy atom. The van der Waals surface area contributed by atoms with Crippen LogP contribution in [0.1, 0.15) is 11.4 Å². The van der Waals surface area contributed by atoms with Gasteiger partial charge in [0.05, 0.1) is 40.3 Å². The van der Waals surface area contributed by atoms with Gasteiger partial charge >= 0.3 is 6.61 Å². The third-order valence-corrected chi connectivity index (χ3v) is 4.95. The number of halogens is 2. The van der Waals surface area contributed by atoms with Gasteiger partial charge in [0, 0.05) is 0 Å². The van der Waals surface area contributed by atoms with E-state index in [1.54, 1.807) is 54.6 Å². The zero-order valence-corrected chi connectivity index (χ0v) is 17.7. The summed E-state index contributed by atoms with van der Waals surface area (Å²) in [5.74, 6) is -0.361. The Labute approximate surface area is 191 Å². The van der Waals surface area contributed by atoms with E-state index in [1.165, 1.54) is 29.9 Å². The fraction of sp³-hybridized carbons (Fsp3) is 0.0833. The Morgan fingerprint density at radius 1 is 1.03 bits per heavy atom. The molecule has 0 saturated carbocycles. The van der Waals surface area contributed by atoms with Crippen molar-refractivity contribution in [2.75, 3.05) is 7.11 Å². The van der Waals surface area contributed by atoms with Gasteiger partial charge in [-0.05, 0) is 42.5 Å². The number of nitrogens with zero attached hydrogens (tertiary/aromatic N) is 3. The third kappa shape index (κ3) is 4.46. The number of nitro benzene ring substituents is 1. The van der Waals surface area contributed by atoms with E-state index in [1.807, 2.05) is 0 Å². The van der Waals surface area contributed by atoms with Crippen LogP contribution >= 0.6 is 0 Å². The lowest BCUT2D eigenvalue weighted by Crippen LogP contribution is -2.22. The molecule has 0 aliphatic carbocycles. The molecule has 0 fully saturated rings. The number of fused-ring (bicyclic) bond motifs is 1. The maximum absolute atomic E-state index is 13.3. The summed E-state index contributed by atoms with van der Waals surface area (Å²) in [4.78, 5) is 28.7. The van der Waals surface area contributed by atoms with Gasteiger partial charge in [0.25, 0.3) is 11.2 Å². The molecule has 1 aromatic heterocycles. The highest BCUT2D eigenvalue weighted by Crippen LogP contribution is 2.36. The summed E-state index contributed by atoms with van der Waals surface area (Å²) < 4.78 is 36.2. The van der Waals surface area contributed by atoms with E-state index in [2.05, 4.69) is 9.72 Å². The molecule has 0 aliphatic rings. The average molecular weight is 465 g/mol. The predicted molar refractivity (Wildman–Crippen MR) is 123 cm³/mol. The van der Waals surface area contributed by atoms with Gasteiger partial charge in [-0.2, -0.15) is 8.78 Å². The summed E-state index contributed by atoms with van der Waals surface area (Å²) >= 11 is 0. The highest BCUT2D eigenvalue weighted by Gasteiger charge is 2.21. The van der Waals surface area contributed by atoms with E-state index in [0.717, 1.165) is 6.07 Å². The number of hydrogen-bond donors (Lipinski definition) is 0. The molecule has 0 N–H and O–H groups in total. The number of para-hydroxylation sites is 2. The summed E-state index contributed by atoms with van der Waals surface area (Å²) in [7, 11) is 1.23. The van der Waals surface area contributed by atoms with Crippen LogP contribution in [-0.2, 0) is 0 Å². The second-order valence-electron chi connectivity index (χ2n) is 6.99. The number of hydrogen-bond acceptors (Lipinski definition) is 6. The quantitative estimate of drug-likeness (QED) is 0.279. The molecule has 1 heterocycles. The number of methoxy groups -OCH3 is 1. The monoisotopic (exact) mass is 465 g/mol. The van der Waals surface area contributed by atoms with Crippen molar-refractivity contribution < 1.29 is 23.2 Å². The Morgan fingerprint density at radius 2 is 1.74 bits per heavy atom. The van der Waals surface area contributed by atoms with Crippen molar-refractivity contribution in [3.63, 3.8) is 0 Å². The SMILES string of the molecule is COc1cc(/C=C/c2nc3ccccc3c(=O)n2-c2ccccc2)c([N+](=O)[O-])cc1OC(F)F. The summed E-state index contributed by atoms with van der Waals surface area (Å²) in [6, 6.07) is 17.7. The first-order chi connectivity index (χ1) is 16.4. The van der Waals surface area contributed by atoms with Gasteiger partial charge in [-0.25, -0.2) is 4.98 Å². The molecule has 34 heavy (non-hydrogen) atoms.